The molecule has 9 atom stereocenters. The van der Waals surface area contributed by atoms with E-state index >= 15 is 0 Å². The van der Waals surface area contributed by atoms with Crippen molar-refractivity contribution in [2.45, 2.75) is 89.9 Å². The molecular weight excluding hydrogens is 316 g/mol. The number of carbonyl (C=O) groups is 1. The summed E-state index contributed by atoms with van der Waals surface area (Å²) in [5, 5.41) is 31.9. The van der Waals surface area contributed by atoms with Crippen molar-refractivity contribution in [2.24, 2.45) is 34.5 Å². The van der Waals surface area contributed by atoms with Crippen molar-refractivity contribution in [2.75, 3.05) is 0 Å². The molecule has 0 aliphatic heterocycles. The summed E-state index contributed by atoms with van der Waals surface area (Å²) in [6.45, 7) is 5.90. The topological polar surface area (TPSA) is 77.8 Å². The van der Waals surface area contributed by atoms with Gasteiger partial charge in [0, 0.05) is 5.41 Å². The number of hydrogen-bond acceptors (Lipinski definition) is 4. The molecule has 4 heteroatoms. The van der Waals surface area contributed by atoms with E-state index in [2.05, 4.69) is 6.92 Å². The zero-order chi connectivity index (χ0) is 18.2. The summed E-state index contributed by atoms with van der Waals surface area (Å²) >= 11 is 0. The van der Waals surface area contributed by atoms with Gasteiger partial charge in [0.15, 0.2) is 11.4 Å². The third kappa shape index (κ3) is 2.14. The van der Waals surface area contributed by atoms with Crippen molar-refractivity contribution in [1.29, 1.82) is 0 Å². The summed E-state index contributed by atoms with van der Waals surface area (Å²) in [6.07, 6.45) is 6.49. The quantitative estimate of drug-likeness (QED) is 0.679. The van der Waals surface area contributed by atoms with Crippen molar-refractivity contribution < 1.29 is 20.1 Å². The molecule has 0 spiro atoms. The van der Waals surface area contributed by atoms with Crippen LogP contribution in [0.15, 0.2) is 0 Å². The second kappa shape index (κ2) is 5.53. The van der Waals surface area contributed by atoms with Gasteiger partial charge in [-0.25, -0.2) is 0 Å². The summed E-state index contributed by atoms with van der Waals surface area (Å²) in [5.74, 6) is 1.63. The van der Waals surface area contributed by atoms with E-state index in [4.69, 9.17) is 0 Å². The minimum atomic E-state index is -1.58. The van der Waals surface area contributed by atoms with Gasteiger partial charge in [0.05, 0.1) is 12.2 Å². The second-order valence-corrected chi connectivity index (χ2v) is 10.1. The number of rotatable bonds is 1. The third-order valence-electron chi connectivity index (χ3n) is 9.39. The number of Topliss-reactive ketones (excluding diaryl/α,β-unsaturated/α-hetero) is 1. The molecule has 142 valence electrons. The number of aliphatic hydroxyl groups is 3. The average molecular weight is 350 g/mol. The highest BCUT2D eigenvalue weighted by atomic mass is 16.4. The molecule has 0 aromatic carbocycles. The molecule has 0 radical (unpaired) electrons. The minimum Gasteiger partial charge on any atom is -0.393 e. The molecule has 0 heterocycles. The summed E-state index contributed by atoms with van der Waals surface area (Å²) in [7, 11) is 0. The lowest BCUT2D eigenvalue weighted by molar-refractivity contribution is -0.181. The van der Waals surface area contributed by atoms with Gasteiger partial charge < -0.3 is 15.3 Å². The molecule has 4 saturated carbocycles. The first-order valence-electron chi connectivity index (χ1n) is 10.2. The molecule has 0 bridgehead atoms. The normalized spacial score (nSPS) is 58.2. The molecule has 0 saturated heterocycles. The number of ketones is 1. The van der Waals surface area contributed by atoms with Gasteiger partial charge in [0.25, 0.3) is 0 Å². The van der Waals surface area contributed by atoms with Gasteiger partial charge in [0.2, 0.25) is 0 Å². The Morgan fingerprint density at radius 2 is 1.68 bits per heavy atom. The standard InChI is InChI=1S/C21H34O4/c1-12(22)21(25)18(24)11-17-15-5-4-13-10-14(23)6-8-19(13,2)16(15)7-9-20(17,21)3/h13-18,23-25H,4-11H2,1-3H3/t13-,14-,15+,16-,17-,18-,19-,20-,21-/m0/s1. The zero-order valence-corrected chi connectivity index (χ0v) is 15.9. The van der Waals surface area contributed by atoms with Gasteiger partial charge in [-0.1, -0.05) is 13.8 Å². The van der Waals surface area contributed by atoms with Crippen LogP contribution in [0.25, 0.3) is 0 Å². The van der Waals surface area contributed by atoms with Crippen LogP contribution in [0.4, 0.5) is 0 Å². The largest absolute Gasteiger partial charge is 0.393 e. The van der Waals surface area contributed by atoms with Crippen LogP contribution in [-0.2, 0) is 4.79 Å². The van der Waals surface area contributed by atoms with Crippen LogP contribution < -0.4 is 0 Å². The van der Waals surface area contributed by atoms with Crippen LogP contribution in [0, 0.1) is 34.5 Å². The van der Waals surface area contributed by atoms with Crippen LogP contribution in [0.3, 0.4) is 0 Å². The van der Waals surface area contributed by atoms with Gasteiger partial charge in [-0.15, -0.1) is 0 Å². The van der Waals surface area contributed by atoms with E-state index in [1.54, 1.807) is 0 Å². The summed E-state index contributed by atoms with van der Waals surface area (Å²) in [5.41, 5.74) is -1.81. The number of carbonyl (C=O) groups excluding carboxylic acids is 1. The van der Waals surface area contributed by atoms with Crippen molar-refractivity contribution in [3.8, 4) is 0 Å². The second-order valence-electron chi connectivity index (χ2n) is 10.1. The Hall–Kier alpha value is -0.450. The van der Waals surface area contributed by atoms with Gasteiger partial charge >= 0.3 is 0 Å². The van der Waals surface area contributed by atoms with E-state index in [1.165, 1.54) is 6.92 Å². The molecule has 4 rings (SSSR count). The fraction of sp³-hybridized carbons (Fsp3) is 0.952. The lowest BCUT2D eigenvalue weighted by Crippen LogP contribution is -2.60. The minimum absolute atomic E-state index is 0.139. The van der Waals surface area contributed by atoms with Gasteiger partial charge in [-0.05, 0) is 87.4 Å². The van der Waals surface area contributed by atoms with Gasteiger partial charge in [-0.2, -0.15) is 0 Å². The predicted molar refractivity (Wildman–Crippen MR) is 94.8 cm³/mol. The Kier molecular flexibility index (Phi) is 3.97. The Morgan fingerprint density at radius 3 is 2.36 bits per heavy atom. The molecule has 0 aromatic rings. The molecule has 0 aromatic heterocycles. The molecule has 3 N–H and O–H groups in total. The Morgan fingerprint density at radius 1 is 0.960 bits per heavy atom. The highest BCUT2D eigenvalue weighted by molar-refractivity contribution is 5.87. The maximum Gasteiger partial charge on any atom is 0.164 e. The molecule has 25 heavy (non-hydrogen) atoms. The van der Waals surface area contributed by atoms with Gasteiger partial charge in [-0.3, -0.25) is 4.79 Å². The van der Waals surface area contributed by atoms with E-state index in [9.17, 15) is 20.1 Å². The zero-order valence-electron chi connectivity index (χ0n) is 15.9. The predicted octanol–water partition coefficient (Wildman–Crippen LogP) is 2.68. The monoisotopic (exact) mass is 350 g/mol. The van der Waals surface area contributed by atoms with E-state index in [0.29, 0.717) is 24.2 Å². The van der Waals surface area contributed by atoms with Crippen LogP contribution in [0.2, 0.25) is 0 Å². The Balaban J connectivity index is 1.67. The average Bonchev–Trinajstić information content (AvgIpc) is 2.77. The summed E-state index contributed by atoms with van der Waals surface area (Å²) in [6, 6.07) is 0. The fourth-order valence-corrected chi connectivity index (χ4v) is 7.89. The van der Waals surface area contributed by atoms with E-state index in [1.807, 2.05) is 6.92 Å². The first kappa shape index (κ1) is 17.9. The lowest BCUT2D eigenvalue weighted by atomic mass is 9.44. The van der Waals surface area contributed by atoms with Crippen LogP contribution >= 0.6 is 0 Å². The maximum atomic E-state index is 12.3. The Bertz CT molecular complexity index is 576. The molecule has 4 nitrogen and oxygen atoms in total. The molecular formula is C21H34O4. The van der Waals surface area contributed by atoms with E-state index in [0.717, 1.165) is 44.9 Å². The van der Waals surface area contributed by atoms with E-state index in [-0.39, 0.29) is 23.2 Å². The first-order valence-corrected chi connectivity index (χ1v) is 10.2. The van der Waals surface area contributed by atoms with Crippen molar-refractivity contribution in [3.05, 3.63) is 0 Å². The molecule has 4 aliphatic carbocycles. The fourth-order valence-electron chi connectivity index (χ4n) is 7.89. The van der Waals surface area contributed by atoms with Crippen molar-refractivity contribution in [3.63, 3.8) is 0 Å². The lowest BCUT2D eigenvalue weighted by Gasteiger charge is -2.61. The first-order chi connectivity index (χ1) is 11.6. The molecule has 4 fully saturated rings. The highest BCUT2D eigenvalue weighted by Crippen LogP contribution is 2.68. The maximum absolute atomic E-state index is 12.3. The number of aliphatic hydroxyl groups excluding tert-OH is 2. The summed E-state index contributed by atoms with van der Waals surface area (Å²) < 4.78 is 0. The smallest absolute Gasteiger partial charge is 0.164 e. The molecule has 4 aliphatic rings. The van der Waals surface area contributed by atoms with Crippen molar-refractivity contribution in [1.82, 2.24) is 0 Å². The van der Waals surface area contributed by atoms with Crippen LogP contribution in [0.5, 0.6) is 0 Å². The van der Waals surface area contributed by atoms with Crippen LogP contribution in [0.1, 0.15) is 72.1 Å². The Labute approximate surface area is 151 Å². The molecule has 0 amide bonds. The SMILES string of the molecule is CC(=O)[C@]1(O)[C@@H](O)C[C@H]2[C@@H]3CC[C@H]4C[C@@H](O)CC[C@]4(C)[C@H]3CC[C@@]21C. The number of hydrogen-bond donors (Lipinski definition) is 3. The van der Waals surface area contributed by atoms with Crippen molar-refractivity contribution >= 4 is 5.78 Å². The van der Waals surface area contributed by atoms with Gasteiger partial charge in [0.1, 0.15) is 0 Å². The summed E-state index contributed by atoms with van der Waals surface area (Å²) in [4.78, 5) is 12.3. The highest BCUT2D eigenvalue weighted by Gasteiger charge is 2.69. The number of fused-ring (bicyclic) bond motifs is 5. The van der Waals surface area contributed by atoms with Crippen LogP contribution in [-0.4, -0.2) is 38.9 Å². The molecule has 0 unspecified atom stereocenters. The third-order valence-corrected chi connectivity index (χ3v) is 9.39. The van der Waals surface area contributed by atoms with E-state index < -0.39 is 17.1 Å².